The predicted molar refractivity (Wildman–Crippen MR) is 323 cm³/mol. The van der Waals surface area contributed by atoms with E-state index in [2.05, 4.69) is 50.3 Å². The molecule has 0 aromatic carbocycles. The minimum absolute atomic E-state index is 0.177. The van der Waals surface area contributed by atoms with Crippen molar-refractivity contribution in [2.75, 3.05) is 47.5 Å². The van der Waals surface area contributed by atoms with Crippen LogP contribution < -0.4 is 0 Å². The number of esters is 2. The lowest BCUT2D eigenvalue weighted by molar-refractivity contribution is -0.870. The Hall–Kier alpha value is -2.49. The van der Waals surface area contributed by atoms with Gasteiger partial charge in [-0.1, -0.05) is 288 Å². The molecule has 0 aliphatic carbocycles. The van der Waals surface area contributed by atoms with Gasteiger partial charge >= 0.3 is 17.9 Å². The summed E-state index contributed by atoms with van der Waals surface area (Å²) in [6.07, 6.45) is 69.5. The fourth-order valence-corrected chi connectivity index (χ4v) is 9.61. The van der Waals surface area contributed by atoms with E-state index < -0.39 is 18.4 Å². The molecule has 0 spiro atoms. The zero-order valence-electron chi connectivity index (χ0n) is 50.9. The first kappa shape index (κ1) is 73.5. The summed E-state index contributed by atoms with van der Waals surface area (Å²) in [6, 6.07) is 0. The number of nitrogens with zero attached hydrogens (tertiary/aromatic N) is 1. The summed E-state index contributed by atoms with van der Waals surface area (Å²) < 4.78 is 23.0. The number of carboxylic acid groups (broad SMARTS) is 1. The number of quaternary nitrogens is 1. The third-order valence-electron chi connectivity index (χ3n) is 14.6. The average molecular weight is 1070 g/mol. The van der Waals surface area contributed by atoms with Gasteiger partial charge in [0.25, 0.3) is 6.29 Å². The molecular formula is C67H126NO8+. The number of aliphatic carboxylic acids is 1. The van der Waals surface area contributed by atoms with Crippen molar-refractivity contribution in [1.29, 1.82) is 0 Å². The smallest absolute Gasteiger partial charge is 0.361 e. The van der Waals surface area contributed by atoms with Crippen molar-refractivity contribution < 1.29 is 42.9 Å². The number of ether oxygens (including phenoxy) is 4. The van der Waals surface area contributed by atoms with E-state index in [1.165, 1.54) is 238 Å². The lowest BCUT2D eigenvalue weighted by atomic mass is 10.0. The van der Waals surface area contributed by atoms with Gasteiger partial charge < -0.3 is 28.5 Å². The molecule has 2 atom stereocenters. The molecule has 9 nitrogen and oxygen atoms in total. The van der Waals surface area contributed by atoms with Crippen LogP contribution in [-0.2, 0) is 33.3 Å². The van der Waals surface area contributed by atoms with Gasteiger partial charge in [0.15, 0.2) is 6.10 Å². The molecule has 1 N–H and O–H groups in total. The first-order chi connectivity index (χ1) is 37.1. The normalized spacial score (nSPS) is 12.9. The van der Waals surface area contributed by atoms with Gasteiger partial charge in [-0.3, -0.25) is 9.59 Å². The van der Waals surface area contributed by atoms with E-state index in [1.54, 1.807) is 0 Å². The number of unbranched alkanes of at least 4 members (excludes halogenated alkanes) is 40. The lowest BCUT2D eigenvalue weighted by Crippen LogP contribution is -2.40. The van der Waals surface area contributed by atoms with Crippen LogP contribution in [0.3, 0.4) is 0 Å². The van der Waals surface area contributed by atoms with E-state index in [4.69, 9.17) is 18.9 Å². The molecule has 0 fully saturated rings. The standard InChI is InChI=1S/C67H125NO8/c1-6-8-10-12-14-16-18-20-22-24-26-28-30-31-32-33-34-35-36-38-40-42-44-46-48-50-52-54-56-58-65(70)76-63(62-75-67(66(71)72)73-60-59-68(3,4)5)61-74-64(69)57-55-53-51-49-47-45-43-41-39-37-29-27-25-23-21-19-17-15-13-11-9-7-2/h18,20,24,26,30-31,63,67H,6-17,19,21-23,25,27-29,32-62H2,1-5H3/p+1/b20-18-,26-24-,31-30-. The van der Waals surface area contributed by atoms with Gasteiger partial charge in [0.2, 0.25) is 0 Å². The van der Waals surface area contributed by atoms with Crippen molar-refractivity contribution in [3.63, 3.8) is 0 Å². The number of hydrogen-bond donors (Lipinski definition) is 1. The highest BCUT2D eigenvalue weighted by molar-refractivity contribution is 5.71. The van der Waals surface area contributed by atoms with Crippen LogP contribution in [0.1, 0.15) is 316 Å². The molecule has 0 rings (SSSR count). The van der Waals surface area contributed by atoms with Gasteiger partial charge in [0.1, 0.15) is 13.2 Å². The highest BCUT2D eigenvalue weighted by Crippen LogP contribution is 2.18. The Morgan fingerprint density at radius 1 is 0.395 bits per heavy atom. The molecule has 446 valence electrons. The fourth-order valence-electron chi connectivity index (χ4n) is 9.61. The maximum absolute atomic E-state index is 12.9. The van der Waals surface area contributed by atoms with Crippen LogP contribution in [0.2, 0.25) is 0 Å². The Labute approximate surface area is 470 Å². The molecule has 0 saturated heterocycles. The topological polar surface area (TPSA) is 108 Å². The van der Waals surface area contributed by atoms with Crippen LogP contribution in [-0.4, -0.2) is 87.4 Å². The zero-order chi connectivity index (χ0) is 55.5. The van der Waals surface area contributed by atoms with Crippen molar-refractivity contribution in [1.82, 2.24) is 0 Å². The van der Waals surface area contributed by atoms with Crippen molar-refractivity contribution in [2.45, 2.75) is 328 Å². The first-order valence-electron chi connectivity index (χ1n) is 32.7. The van der Waals surface area contributed by atoms with Crippen molar-refractivity contribution in [3.05, 3.63) is 36.5 Å². The molecule has 0 aliphatic heterocycles. The summed E-state index contributed by atoms with van der Waals surface area (Å²) in [4.78, 5) is 37.5. The molecule has 76 heavy (non-hydrogen) atoms. The van der Waals surface area contributed by atoms with Crippen molar-refractivity contribution >= 4 is 17.9 Å². The number of carbonyl (C=O) groups is 3. The van der Waals surface area contributed by atoms with E-state index in [-0.39, 0.29) is 38.2 Å². The summed E-state index contributed by atoms with van der Waals surface area (Å²) in [6.45, 7) is 4.92. The molecule has 0 heterocycles. The molecule has 2 unspecified atom stereocenters. The highest BCUT2D eigenvalue weighted by atomic mass is 16.7. The van der Waals surface area contributed by atoms with Crippen LogP contribution >= 0.6 is 0 Å². The molecule has 0 saturated carbocycles. The SMILES string of the molecule is CCCCCCC/C=C\C/C=C\C/C=C\CCCCCCCCCCCCCCCCC(=O)OC(COC(=O)CCCCCCCCCCCCCCCCCCCCCCCC)COC(OCC[N+](C)(C)C)C(=O)O. The van der Waals surface area contributed by atoms with Crippen LogP contribution in [0.5, 0.6) is 0 Å². The van der Waals surface area contributed by atoms with Crippen LogP contribution in [0.4, 0.5) is 0 Å². The predicted octanol–water partition coefficient (Wildman–Crippen LogP) is 19.6. The van der Waals surface area contributed by atoms with Gasteiger partial charge in [-0.15, -0.1) is 0 Å². The molecular weight excluding hydrogens is 947 g/mol. The Bertz CT molecular complexity index is 1340. The van der Waals surface area contributed by atoms with Crippen LogP contribution in [0.25, 0.3) is 0 Å². The van der Waals surface area contributed by atoms with Crippen molar-refractivity contribution in [3.8, 4) is 0 Å². The highest BCUT2D eigenvalue weighted by Gasteiger charge is 2.25. The van der Waals surface area contributed by atoms with Crippen LogP contribution in [0, 0.1) is 0 Å². The minimum atomic E-state index is -1.51. The Morgan fingerprint density at radius 3 is 1.05 bits per heavy atom. The van der Waals surface area contributed by atoms with Gasteiger partial charge in [-0.25, -0.2) is 4.79 Å². The van der Waals surface area contributed by atoms with Gasteiger partial charge in [0.05, 0.1) is 34.4 Å². The van der Waals surface area contributed by atoms with E-state index in [9.17, 15) is 19.5 Å². The Balaban J connectivity index is 4.13. The summed E-state index contributed by atoms with van der Waals surface area (Å²) in [5.41, 5.74) is 0. The first-order valence-corrected chi connectivity index (χ1v) is 32.7. The van der Waals surface area contributed by atoms with Gasteiger partial charge in [0, 0.05) is 12.8 Å². The third kappa shape index (κ3) is 59.2. The van der Waals surface area contributed by atoms with Crippen LogP contribution in [0.15, 0.2) is 36.5 Å². The Morgan fingerprint density at radius 2 is 0.711 bits per heavy atom. The van der Waals surface area contributed by atoms with Crippen molar-refractivity contribution in [2.24, 2.45) is 0 Å². The number of hydrogen-bond acceptors (Lipinski definition) is 7. The maximum atomic E-state index is 12.9. The maximum Gasteiger partial charge on any atom is 0.361 e. The summed E-state index contributed by atoms with van der Waals surface area (Å²) in [5, 5.41) is 9.73. The number of rotatable bonds is 61. The molecule has 0 amide bonds. The van der Waals surface area contributed by atoms with E-state index in [0.29, 0.717) is 17.4 Å². The quantitative estimate of drug-likeness (QED) is 0.0211. The summed E-state index contributed by atoms with van der Waals surface area (Å²) in [5.74, 6) is -1.98. The molecule has 0 aliphatic rings. The summed E-state index contributed by atoms with van der Waals surface area (Å²) >= 11 is 0. The second-order valence-corrected chi connectivity index (χ2v) is 23.4. The molecule has 0 bridgehead atoms. The third-order valence-corrected chi connectivity index (χ3v) is 14.6. The second kappa shape index (κ2) is 58.7. The molecule has 0 aromatic heterocycles. The average Bonchev–Trinajstić information content (AvgIpc) is 3.39. The number of likely N-dealkylation sites (N-methyl/N-ethyl adjacent to an activating group) is 1. The zero-order valence-corrected chi connectivity index (χ0v) is 50.9. The monoisotopic (exact) mass is 1070 g/mol. The molecule has 0 aromatic rings. The molecule has 0 radical (unpaired) electrons. The van der Waals surface area contributed by atoms with E-state index in [1.807, 2.05) is 21.1 Å². The number of carboxylic acids is 1. The molecule has 9 heteroatoms. The van der Waals surface area contributed by atoms with E-state index >= 15 is 0 Å². The second-order valence-electron chi connectivity index (χ2n) is 23.4. The summed E-state index contributed by atoms with van der Waals surface area (Å²) in [7, 11) is 5.98. The minimum Gasteiger partial charge on any atom is -0.477 e. The number of allylic oxidation sites excluding steroid dienone is 6. The Kier molecular flexibility index (Phi) is 56.7. The van der Waals surface area contributed by atoms with Gasteiger partial charge in [-0.05, 0) is 51.4 Å². The number of carbonyl (C=O) groups excluding carboxylic acids is 2. The largest absolute Gasteiger partial charge is 0.477 e. The lowest BCUT2D eigenvalue weighted by Gasteiger charge is -2.25. The van der Waals surface area contributed by atoms with Gasteiger partial charge in [-0.2, -0.15) is 0 Å². The fraction of sp³-hybridized carbons (Fsp3) is 0.866. The van der Waals surface area contributed by atoms with E-state index in [0.717, 1.165) is 51.4 Å².